The first-order valence-electron chi connectivity index (χ1n) is 9.69. The summed E-state index contributed by atoms with van der Waals surface area (Å²) in [4.78, 5) is 2.16. The predicted molar refractivity (Wildman–Crippen MR) is 128 cm³/mol. The molecule has 0 saturated carbocycles. The fraction of sp³-hybridized carbons (Fsp3) is 0. The molecule has 0 unspecified atom stereocenters. The normalized spacial score (nSPS) is 11.0. The lowest BCUT2D eigenvalue weighted by molar-refractivity contribution is 1.12. The Balaban J connectivity index is 1.82. The lowest BCUT2D eigenvalue weighted by Gasteiger charge is -2.26. The Bertz CT molecular complexity index is 1310. The second-order valence-corrected chi connectivity index (χ2v) is 7.77. The van der Waals surface area contributed by atoms with E-state index in [9.17, 15) is 0 Å². The predicted octanol–water partition coefficient (Wildman–Crippen LogP) is 8.41. The van der Waals surface area contributed by atoms with Crippen molar-refractivity contribution in [3.63, 3.8) is 0 Å². The van der Waals surface area contributed by atoms with Crippen LogP contribution in [0, 0.1) is 0 Å². The van der Waals surface area contributed by atoms with Crippen LogP contribution in [-0.2, 0) is 0 Å². The molecule has 146 valence electrons. The Morgan fingerprint density at radius 2 is 1.27 bits per heavy atom. The number of anilines is 3. The number of benzene rings is 4. The van der Waals surface area contributed by atoms with Crippen molar-refractivity contribution in [2.45, 2.75) is 0 Å². The van der Waals surface area contributed by atoms with Crippen molar-refractivity contribution < 1.29 is 0 Å². The number of hydrogen-bond acceptors (Lipinski definition) is 1. The van der Waals surface area contributed by atoms with Crippen molar-refractivity contribution in [3.8, 4) is 5.69 Å². The summed E-state index contributed by atoms with van der Waals surface area (Å²) in [5.41, 5.74) is 5.11. The van der Waals surface area contributed by atoms with Gasteiger partial charge in [0.15, 0.2) is 0 Å². The van der Waals surface area contributed by atoms with Crippen LogP contribution in [0.15, 0.2) is 109 Å². The summed E-state index contributed by atoms with van der Waals surface area (Å²) in [5.74, 6) is 0. The molecule has 0 atom stereocenters. The first-order valence-corrected chi connectivity index (χ1v) is 10.4. The average Bonchev–Trinajstić information content (AvgIpc) is 3.18. The molecule has 0 radical (unpaired) electrons. The van der Waals surface area contributed by atoms with Gasteiger partial charge in [-0.25, -0.2) is 0 Å². The summed E-state index contributed by atoms with van der Waals surface area (Å²) < 4.78 is 2.21. The first kappa shape index (κ1) is 18.8. The zero-order chi connectivity index (χ0) is 20.5. The van der Waals surface area contributed by atoms with E-state index < -0.39 is 0 Å². The van der Waals surface area contributed by atoms with Gasteiger partial charge in [0.25, 0.3) is 0 Å². The molecule has 0 fully saturated rings. The monoisotopic (exact) mass is 428 g/mol. The van der Waals surface area contributed by atoms with E-state index in [-0.39, 0.29) is 0 Å². The summed E-state index contributed by atoms with van der Waals surface area (Å²) in [6.07, 6.45) is 2.16. The van der Waals surface area contributed by atoms with Crippen molar-refractivity contribution in [2.75, 3.05) is 4.90 Å². The SMILES string of the molecule is Clc1cccc(N(c2ccccc2)c2cn(-c3ccccc3)c3ccccc23)c1Cl. The highest BCUT2D eigenvalue weighted by Gasteiger charge is 2.21. The molecule has 5 aromatic rings. The molecule has 30 heavy (non-hydrogen) atoms. The van der Waals surface area contributed by atoms with E-state index in [1.807, 2.05) is 54.6 Å². The number of halogens is 2. The molecular weight excluding hydrogens is 411 g/mol. The summed E-state index contributed by atoms with van der Waals surface area (Å²) >= 11 is 13.1. The van der Waals surface area contributed by atoms with Crippen LogP contribution >= 0.6 is 23.2 Å². The van der Waals surface area contributed by atoms with Crippen LogP contribution in [-0.4, -0.2) is 4.57 Å². The fourth-order valence-corrected chi connectivity index (χ4v) is 4.17. The minimum atomic E-state index is 0.527. The molecule has 2 nitrogen and oxygen atoms in total. The van der Waals surface area contributed by atoms with Crippen molar-refractivity contribution in [3.05, 3.63) is 119 Å². The quantitative estimate of drug-likeness (QED) is 0.278. The van der Waals surface area contributed by atoms with Gasteiger partial charge in [0.2, 0.25) is 0 Å². The number of fused-ring (bicyclic) bond motifs is 1. The summed E-state index contributed by atoms with van der Waals surface area (Å²) in [7, 11) is 0. The maximum atomic E-state index is 6.68. The van der Waals surface area contributed by atoms with E-state index in [2.05, 4.69) is 64.2 Å². The second kappa shape index (κ2) is 7.91. The molecule has 0 aliphatic heterocycles. The van der Waals surface area contributed by atoms with Gasteiger partial charge in [-0.2, -0.15) is 0 Å². The Kier molecular flexibility index (Phi) is 4.96. The smallest absolute Gasteiger partial charge is 0.0832 e. The van der Waals surface area contributed by atoms with Crippen molar-refractivity contribution >= 4 is 51.2 Å². The lowest BCUT2D eigenvalue weighted by atomic mass is 10.1. The zero-order valence-corrected chi connectivity index (χ0v) is 17.6. The molecule has 1 heterocycles. The van der Waals surface area contributed by atoms with Gasteiger partial charge in [0.05, 0.1) is 26.9 Å². The van der Waals surface area contributed by atoms with Gasteiger partial charge in [-0.3, -0.25) is 0 Å². The van der Waals surface area contributed by atoms with Crippen LogP contribution in [0.1, 0.15) is 0 Å². The van der Waals surface area contributed by atoms with Gasteiger partial charge < -0.3 is 9.47 Å². The van der Waals surface area contributed by atoms with E-state index in [1.54, 1.807) is 0 Å². The summed E-state index contributed by atoms with van der Waals surface area (Å²) in [5, 5.41) is 2.18. The van der Waals surface area contributed by atoms with Crippen LogP contribution in [0.3, 0.4) is 0 Å². The molecule has 0 saturated heterocycles. The number of hydrogen-bond donors (Lipinski definition) is 0. The average molecular weight is 429 g/mol. The van der Waals surface area contributed by atoms with E-state index in [0.717, 1.165) is 33.7 Å². The molecule has 4 aromatic carbocycles. The third-order valence-electron chi connectivity index (χ3n) is 5.15. The zero-order valence-electron chi connectivity index (χ0n) is 16.0. The van der Waals surface area contributed by atoms with Gasteiger partial charge in [-0.05, 0) is 42.5 Å². The minimum absolute atomic E-state index is 0.527. The molecule has 0 spiro atoms. The third-order valence-corrected chi connectivity index (χ3v) is 5.96. The van der Waals surface area contributed by atoms with Crippen LogP contribution < -0.4 is 4.90 Å². The maximum Gasteiger partial charge on any atom is 0.0832 e. The Morgan fingerprint density at radius 1 is 0.600 bits per heavy atom. The molecule has 4 heteroatoms. The molecule has 0 aliphatic rings. The first-order chi connectivity index (χ1) is 14.7. The lowest BCUT2D eigenvalue weighted by Crippen LogP contribution is -2.10. The molecule has 0 amide bonds. The Morgan fingerprint density at radius 3 is 2.03 bits per heavy atom. The number of para-hydroxylation sites is 3. The number of nitrogens with zero attached hydrogens (tertiary/aromatic N) is 2. The molecule has 5 rings (SSSR count). The highest BCUT2D eigenvalue weighted by atomic mass is 35.5. The molecule has 1 aromatic heterocycles. The van der Waals surface area contributed by atoms with Gasteiger partial charge >= 0.3 is 0 Å². The van der Waals surface area contributed by atoms with Gasteiger partial charge in [-0.1, -0.05) is 83.9 Å². The maximum absolute atomic E-state index is 6.68. The Labute approximate surface area is 185 Å². The Hall–Kier alpha value is -3.20. The van der Waals surface area contributed by atoms with Crippen LogP contribution in [0.2, 0.25) is 10.0 Å². The third kappa shape index (κ3) is 3.24. The molecular formula is C26H18Cl2N2. The molecule has 0 bridgehead atoms. The van der Waals surface area contributed by atoms with Crippen LogP contribution in [0.5, 0.6) is 0 Å². The number of rotatable bonds is 4. The number of aromatic nitrogens is 1. The van der Waals surface area contributed by atoms with Gasteiger partial charge in [0.1, 0.15) is 0 Å². The topological polar surface area (TPSA) is 8.17 Å². The van der Waals surface area contributed by atoms with E-state index in [1.165, 1.54) is 0 Å². The second-order valence-electron chi connectivity index (χ2n) is 6.98. The standard InChI is InChI=1S/C26H18Cl2N2/c27-22-15-9-17-24(26(22)28)30(20-12-5-2-6-13-20)25-18-29(19-10-3-1-4-11-19)23-16-8-7-14-21(23)25/h1-18H. The van der Waals surface area contributed by atoms with Crippen LogP contribution in [0.4, 0.5) is 17.1 Å². The molecule has 0 N–H and O–H groups in total. The van der Waals surface area contributed by atoms with Crippen LogP contribution in [0.25, 0.3) is 16.6 Å². The van der Waals surface area contributed by atoms with Gasteiger partial charge in [0, 0.05) is 23.0 Å². The van der Waals surface area contributed by atoms with Crippen molar-refractivity contribution in [1.82, 2.24) is 4.57 Å². The summed E-state index contributed by atoms with van der Waals surface area (Å²) in [6, 6.07) is 34.7. The summed E-state index contributed by atoms with van der Waals surface area (Å²) in [6.45, 7) is 0. The highest BCUT2D eigenvalue weighted by Crippen LogP contribution is 2.44. The van der Waals surface area contributed by atoms with E-state index >= 15 is 0 Å². The van der Waals surface area contributed by atoms with Gasteiger partial charge in [-0.15, -0.1) is 0 Å². The fourth-order valence-electron chi connectivity index (χ4n) is 3.79. The van der Waals surface area contributed by atoms with E-state index in [0.29, 0.717) is 10.0 Å². The minimum Gasteiger partial charge on any atom is -0.314 e. The van der Waals surface area contributed by atoms with E-state index in [4.69, 9.17) is 23.2 Å². The largest absolute Gasteiger partial charge is 0.314 e. The highest BCUT2D eigenvalue weighted by molar-refractivity contribution is 6.44. The van der Waals surface area contributed by atoms with Crippen molar-refractivity contribution in [2.24, 2.45) is 0 Å². The molecule has 0 aliphatic carbocycles. The van der Waals surface area contributed by atoms with Crippen molar-refractivity contribution in [1.29, 1.82) is 0 Å².